The van der Waals surface area contributed by atoms with E-state index in [0.29, 0.717) is 10.7 Å². The first-order valence-electron chi connectivity index (χ1n) is 9.65. The lowest BCUT2D eigenvalue weighted by Crippen LogP contribution is -2.56. The number of halogens is 1. The molecule has 5 nitrogen and oxygen atoms in total. The summed E-state index contributed by atoms with van der Waals surface area (Å²) in [6.07, 6.45) is 5.00. The molecule has 146 valence electrons. The molecule has 27 heavy (non-hydrogen) atoms. The zero-order chi connectivity index (χ0) is 19.8. The summed E-state index contributed by atoms with van der Waals surface area (Å²) in [4.78, 5) is 42.0. The van der Waals surface area contributed by atoms with Crippen molar-refractivity contribution < 1.29 is 14.4 Å². The fourth-order valence-corrected chi connectivity index (χ4v) is 4.30. The van der Waals surface area contributed by atoms with Crippen LogP contribution in [-0.4, -0.2) is 34.2 Å². The molecule has 1 unspecified atom stereocenters. The Morgan fingerprint density at radius 2 is 1.67 bits per heavy atom. The van der Waals surface area contributed by atoms with E-state index in [4.69, 9.17) is 11.6 Å². The molecule has 0 bridgehead atoms. The molecular weight excluding hydrogens is 364 g/mol. The van der Waals surface area contributed by atoms with E-state index >= 15 is 0 Å². The number of hydrogen-bond donors (Lipinski definition) is 0. The molecule has 1 aromatic carbocycles. The molecule has 2 fully saturated rings. The highest BCUT2D eigenvalue weighted by Crippen LogP contribution is 2.34. The number of carbonyl (C=O) groups is 3. The molecule has 1 aliphatic heterocycles. The largest absolute Gasteiger partial charge is 0.325 e. The number of benzene rings is 1. The number of amides is 3. The van der Waals surface area contributed by atoms with E-state index in [2.05, 4.69) is 0 Å². The van der Waals surface area contributed by atoms with Gasteiger partial charge in [-0.2, -0.15) is 0 Å². The maximum Gasteiger partial charge on any atom is 0.257 e. The van der Waals surface area contributed by atoms with E-state index < -0.39 is 11.6 Å². The van der Waals surface area contributed by atoms with Gasteiger partial charge in [-0.3, -0.25) is 14.4 Å². The topological polar surface area (TPSA) is 57.7 Å². The van der Waals surface area contributed by atoms with Crippen LogP contribution in [0.15, 0.2) is 24.3 Å². The Morgan fingerprint density at radius 3 is 2.22 bits per heavy atom. The Labute approximate surface area is 165 Å². The van der Waals surface area contributed by atoms with Crippen molar-refractivity contribution in [2.45, 2.75) is 70.9 Å². The van der Waals surface area contributed by atoms with Crippen molar-refractivity contribution >= 4 is 35.0 Å². The molecule has 0 radical (unpaired) electrons. The van der Waals surface area contributed by atoms with Crippen LogP contribution in [0.3, 0.4) is 0 Å². The van der Waals surface area contributed by atoms with E-state index in [-0.39, 0.29) is 30.1 Å². The molecule has 2 aliphatic rings. The normalized spacial score (nSPS) is 21.6. The summed E-state index contributed by atoms with van der Waals surface area (Å²) in [7, 11) is 0. The van der Waals surface area contributed by atoms with Crippen molar-refractivity contribution in [2.75, 3.05) is 4.90 Å². The van der Waals surface area contributed by atoms with Crippen LogP contribution >= 0.6 is 11.6 Å². The van der Waals surface area contributed by atoms with Gasteiger partial charge in [0.15, 0.2) is 0 Å². The van der Waals surface area contributed by atoms with Crippen molar-refractivity contribution in [1.29, 1.82) is 0 Å². The van der Waals surface area contributed by atoms with Crippen LogP contribution < -0.4 is 4.90 Å². The zero-order valence-electron chi connectivity index (χ0n) is 16.2. The van der Waals surface area contributed by atoms with Gasteiger partial charge in [-0.25, -0.2) is 4.90 Å². The molecule has 3 amide bonds. The fourth-order valence-electron chi connectivity index (χ4n) is 4.18. The van der Waals surface area contributed by atoms with Gasteiger partial charge in [-0.15, -0.1) is 0 Å². The van der Waals surface area contributed by atoms with E-state index in [0.717, 1.165) is 32.1 Å². The lowest BCUT2D eigenvalue weighted by atomic mass is 9.86. The van der Waals surface area contributed by atoms with Crippen LogP contribution in [-0.2, 0) is 14.4 Å². The van der Waals surface area contributed by atoms with Gasteiger partial charge >= 0.3 is 0 Å². The standard InChI is InChI=1S/C21H27ClN2O3/c1-21(2,3)24(19(26)14-7-5-4-6-8-14)17-13-18(25)23(20(17)27)16-11-9-15(22)10-12-16/h9-12,14,17H,4-8,13H2,1-3H3. The minimum absolute atomic E-state index is 0.00584. The fraction of sp³-hybridized carbons (Fsp3) is 0.571. The molecule has 0 N–H and O–H groups in total. The zero-order valence-corrected chi connectivity index (χ0v) is 17.0. The Hall–Kier alpha value is -1.88. The van der Waals surface area contributed by atoms with Crippen LogP contribution in [0.4, 0.5) is 5.69 Å². The lowest BCUT2D eigenvalue weighted by Gasteiger charge is -2.41. The second kappa shape index (κ2) is 7.63. The summed E-state index contributed by atoms with van der Waals surface area (Å²) in [6, 6.07) is 5.87. The highest BCUT2D eigenvalue weighted by molar-refractivity contribution is 6.30. The van der Waals surface area contributed by atoms with Gasteiger partial charge in [-0.1, -0.05) is 30.9 Å². The number of carbonyl (C=O) groups excluding carboxylic acids is 3. The molecule has 3 rings (SSSR count). The average molecular weight is 391 g/mol. The minimum atomic E-state index is -0.748. The number of nitrogens with zero attached hydrogens (tertiary/aromatic N) is 2. The SMILES string of the molecule is CC(C)(C)N(C(=O)C1CCCCC1)C1CC(=O)N(c2ccc(Cl)cc2)C1=O. The molecule has 0 spiro atoms. The van der Waals surface area contributed by atoms with Gasteiger partial charge in [0, 0.05) is 16.5 Å². The number of rotatable bonds is 3. The van der Waals surface area contributed by atoms with Crippen molar-refractivity contribution in [2.24, 2.45) is 5.92 Å². The first kappa shape index (κ1) is 19.9. The molecule has 1 aromatic rings. The summed E-state index contributed by atoms with van der Waals surface area (Å²) in [5, 5.41) is 0.540. The monoisotopic (exact) mass is 390 g/mol. The Balaban J connectivity index is 1.89. The second-order valence-corrected chi connectivity index (χ2v) is 8.91. The first-order valence-corrected chi connectivity index (χ1v) is 10.0. The number of imide groups is 1. The predicted molar refractivity (Wildman–Crippen MR) is 106 cm³/mol. The number of hydrogen-bond acceptors (Lipinski definition) is 3. The Bertz CT molecular complexity index is 733. The summed E-state index contributed by atoms with van der Waals surface area (Å²) >= 11 is 5.92. The smallest absolute Gasteiger partial charge is 0.257 e. The molecule has 6 heteroatoms. The highest BCUT2D eigenvalue weighted by Gasteiger charge is 2.48. The maximum atomic E-state index is 13.3. The lowest BCUT2D eigenvalue weighted by molar-refractivity contribution is -0.148. The third kappa shape index (κ3) is 4.03. The van der Waals surface area contributed by atoms with E-state index in [9.17, 15) is 14.4 Å². The van der Waals surface area contributed by atoms with Gasteiger partial charge in [0.1, 0.15) is 6.04 Å². The molecule has 1 saturated carbocycles. The third-order valence-electron chi connectivity index (χ3n) is 5.43. The predicted octanol–water partition coefficient (Wildman–Crippen LogP) is 4.18. The van der Waals surface area contributed by atoms with Gasteiger partial charge in [0.2, 0.25) is 11.8 Å². The Kier molecular flexibility index (Phi) is 5.61. The highest BCUT2D eigenvalue weighted by atomic mass is 35.5. The molecule has 0 aromatic heterocycles. The minimum Gasteiger partial charge on any atom is -0.325 e. The summed E-state index contributed by atoms with van der Waals surface area (Å²) in [5.41, 5.74) is -0.0404. The summed E-state index contributed by atoms with van der Waals surface area (Å²) in [6.45, 7) is 5.78. The van der Waals surface area contributed by atoms with Crippen LogP contribution in [0.2, 0.25) is 5.02 Å². The maximum absolute atomic E-state index is 13.3. The molecule has 1 atom stereocenters. The van der Waals surface area contributed by atoms with Crippen molar-refractivity contribution in [3.8, 4) is 0 Å². The van der Waals surface area contributed by atoms with E-state index in [1.165, 1.54) is 4.90 Å². The van der Waals surface area contributed by atoms with Gasteiger partial charge in [0.05, 0.1) is 12.1 Å². The quantitative estimate of drug-likeness (QED) is 0.727. The van der Waals surface area contributed by atoms with E-state index in [1.54, 1.807) is 29.2 Å². The average Bonchev–Trinajstić information content (AvgIpc) is 2.90. The van der Waals surface area contributed by atoms with Gasteiger partial charge in [0.25, 0.3) is 5.91 Å². The molecule has 1 saturated heterocycles. The van der Waals surface area contributed by atoms with Crippen molar-refractivity contribution in [1.82, 2.24) is 4.90 Å². The van der Waals surface area contributed by atoms with Crippen LogP contribution in [0.25, 0.3) is 0 Å². The van der Waals surface area contributed by atoms with Crippen LogP contribution in [0.1, 0.15) is 59.3 Å². The molecular formula is C21H27ClN2O3. The van der Waals surface area contributed by atoms with Crippen LogP contribution in [0, 0.1) is 5.92 Å². The summed E-state index contributed by atoms with van der Waals surface area (Å²) < 4.78 is 0. The van der Waals surface area contributed by atoms with Gasteiger partial charge < -0.3 is 4.90 Å². The molecule has 1 aliphatic carbocycles. The van der Waals surface area contributed by atoms with Gasteiger partial charge in [-0.05, 0) is 57.9 Å². The number of anilines is 1. The van der Waals surface area contributed by atoms with E-state index in [1.807, 2.05) is 20.8 Å². The molecule has 1 heterocycles. The first-order chi connectivity index (χ1) is 12.7. The summed E-state index contributed by atoms with van der Waals surface area (Å²) in [5.74, 6) is -0.656. The van der Waals surface area contributed by atoms with Crippen molar-refractivity contribution in [3.05, 3.63) is 29.3 Å². The van der Waals surface area contributed by atoms with Crippen molar-refractivity contribution in [3.63, 3.8) is 0 Å². The second-order valence-electron chi connectivity index (χ2n) is 8.48. The Morgan fingerprint density at radius 1 is 1.07 bits per heavy atom. The third-order valence-corrected chi connectivity index (χ3v) is 5.69. The van der Waals surface area contributed by atoms with Crippen LogP contribution in [0.5, 0.6) is 0 Å².